The summed E-state index contributed by atoms with van der Waals surface area (Å²) in [6.07, 6.45) is 3.96. The smallest absolute Gasteiger partial charge is 0.314 e. The highest BCUT2D eigenvalue weighted by molar-refractivity contribution is 5.83. The molecule has 0 unspecified atom stereocenters. The lowest BCUT2D eigenvalue weighted by Gasteiger charge is -2.34. The highest BCUT2D eigenvalue weighted by atomic mass is 16.5. The molecule has 0 amide bonds. The average molecular weight is 250 g/mol. The Morgan fingerprint density at radius 3 is 2.50 bits per heavy atom. The zero-order valence-corrected chi connectivity index (χ0v) is 10.5. The van der Waals surface area contributed by atoms with Gasteiger partial charge in [0.25, 0.3) is 0 Å². The van der Waals surface area contributed by atoms with Crippen LogP contribution in [0.4, 0.5) is 0 Å². The summed E-state index contributed by atoms with van der Waals surface area (Å²) in [5, 5.41) is 19.7. The number of aliphatic carboxylic acids is 1. The third-order valence-electron chi connectivity index (χ3n) is 3.85. The molecular formula is C14H18O4. The number of hydrogen-bond donors (Lipinski definition) is 2. The first-order valence-corrected chi connectivity index (χ1v) is 6.21. The van der Waals surface area contributed by atoms with Crippen LogP contribution in [-0.2, 0) is 10.2 Å². The number of para-hydroxylation sites is 1. The number of carboxylic acid groups (broad SMARTS) is 1. The van der Waals surface area contributed by atoms with Crippen LogP contribution in [0.25, 0.3) is 0 Å². The van der Waals surface area contributed by atoms with E-state index in [2.05, 4.69) is 0 Å². The molecule has 1 saturated carbocycles. The summed E-state index contributed by atoms with van der Waals surface area (Å²) in [5.41, 5.74) is -0.481. The summed E-state index contributed by atoms with van der Waals surface area (Å²) in [6, 6.07) is 5.06. The molecule has 4 heteroatoms. The van der Waals surface area contributed by atoms with Gasteiger partial charge in [0.2, 0.25) is 0 Å². The van der Waals surface area contributed by atoms with Gasteiger partial charge in [-0.3, -0.25) is 4.79 Å². The van der Waals surface area contributed by atoms with Gasteiger partial charge in [-0.1, -0.05) is 31.4 Å². The molecule has 1 aliphatic rings. The number of aromatic hydroxyl groups is 1. The summed E-state index contributed by atoms with van der Waals surface area (Å²) < 4.78 is 5.06. The predicted molar refractivity (Wildman–Crippen MR) is 67.1 cm³/mol. The first kappa shape index (κ1) is 12.7. The Labute approximate surface area is 106 Å². The molecule has 2 N–H and O–H groups in total. The van der Waals surface area contributed by atoms with E-state index in [9.17, 15) is 15.0 Å². The highest BCUT2D eigenvalue weighted by Gasteiger charge is 2.43. The Balaban J connectivity index is 2.52. The standard InChI is InChI=1S/C14H18O4/c1-18-11-7-5-6-10(12(11)15)14(13(16)17)8-3-2-4-9-14/h5-7,15H,2-4,8-9H2,1H3,(H,16,17). The lowest BCUT2D eigenvalue weighted by molar-refractivity contribution is -0.145. The van der Waals surface area contributed by atoms with E-state index in [1.807, 2.05) is 0 Å². The second kappa shape index (κ2) is 4.88. The number of carboxylic acids is 1. The molecule has 0 aliphatic heterocycles. The molecule has 0 bridgehead atoms. The fraction of sp³-hybridized carbons (Fsp3) is 0.500. The Hall–Kier alpha value is -1.71. The summed E-state index contributed by atoms with van der Waals surface area (Å²) >= 11 is 0. The second-order valence-corrected chi connectivity index (χ2v) is 4.80. The number of ether oxygens (including phenoxy) is 1. The van der Waals surface area contributed by atoms with Gasteiger partial charge in [-0.15, -0.1) is 0 Å². The van der Waals surface area contributed by atoms with E-state index in [4.69, 9.17) is 4.74 Å². The number of benzene rings is 1. The van der Waals surface area contributed by atoms with Gasteiger partial charge in [-0.2, -0.15) is 0 Å². The van der Waals surface area contributed by atoms with Crippen LogP contribution < -0.4 is 4.74 Å². The molecular weight excluding hydrogens is 232 g/mol. The zero-order valence-electron chi connectivity index (χ0n) is 10.5. The van der Waals surface area contributed by atoms with E-state index >= 15 is 0 Å². The van der Waals surface area contributed by atoms with Crippen LogP contribution in [0.15, 0.2) is 18.2 Å². The van der Waals surface area contributed by atoms with Crippen LogP contribution in [0.2, 0.25) is 0 Å². The van der Waals surface area contributed by atoms with Gasteiger partial charge >= 0.3 is 5.97 Å². The number of hydrogen-bond acceptors (Lipinski definition) is 3. The van der Waals surface area contributed by atoms with Crippen molar-refractivity contribution >= 4 is 5.97 Å². The van der Waals surface area contributed by atoms with Gasteiger partial charge in [-0.25, -0.2) is 0 Å². The maximum absolute atomic E-state index is 11.7. The lowest BCUT2D eigenvalue weighted by atomic mass is 9.69. The van der Waals surface area contributed by atoms with E-state index < -0.39 is 11.4 Å². The van der Waals surface area contributed by atoms with Crippen molar-refractivity contribution in [2.45, 2.75) is 37.5 Å². The Bertz CT molecular complexity index is 447. The van der Waals surface area contributed by atoms with E-state index in [-0.39, 0.29) is 5.75 Å². The fourth-order valence-electron chi connectivity index (χ4n) is 2.83. The summed E-state index contributed by atoms with van der Waals surface area (Å²) in [6.45, 7) is 0. The van der Waals surface area contributed by atoms with Crippen molar-refractivity contribution in [1.29, 1.82) is 0 Å². The summed E-state index contributed by atoms with van der Waals surface area (Å²) in [5.74, 6) is -0.561. The van der Waals surface area contributed by atoms with Gasteiger partial charge in [0.05, 0.1) is 12.5 Å². The molecule has 0 atom stereocenters. The first-order valence-electron chi connectivity index (χ1n) is 6.21. The Kier molecular flexibility index (Phi) is 3.45. The van der Waals surface area contributed by atoms with Gasteiger partial charge in [-0.05, 0) is 18.9 Å². The van der Waals surface area contributed by atoms with Crippen LogP contribution in [0.1, 0.15) is 37.7 Å². The molecule has 2 rings (SSSR count). The molecule has 0 aromatic heterocycles. The SMILES string of the molecule is COc1cccc(C2(C(=O)O)CCCCC2)c1O. The Morgan fingerprint density at radius 1 is 1.28 bits per heavy atom. The van der Waals surface area contributed by atoms with Crippen LogP contribution in [0.3, 0.4) is 0 Å². The zero-order chi connectivity index (χ0) is 13.2. The minimum Gasteiger partial charge on any atom is -0.504 e. The van der Waals surface area contributed by atoms with Gasteiger partial charge in [0.15, 0.2) is 11.5 Å². The molecule has 1 aromatic carbocycles. The van der Waals surface area contributed by atoms with E-state index in [1.165, 1.54) is 7.11 Å². The van der Waals surface area contributed by atoms with Crippen LogP contribution in [0.5, 0.6) is 11.5 Å². The van der Waals surface area contributed by atoms with Crippen LogP contribution in [0, 0.1) is 0 Å². The summed E-state index contributed by atoms with van der Waals surface area (Å²) in [4.78, 5) is 11.7. The average Bonchev–Trinajstić information content (AvgIpc) is 2.39. The van der Waals surface area contributed by atoms with E-state index in [0.717, 1.165) is 19.3 Å². The largest absolute Gasteiger partial charge is 0.504 e. The molecule has 0 spiro atoms. The number of rotatable bonds is 3. The monoisotopic (exact) mass is 250 g/mol. The van der Waals surface area contributed by atoms with Crippen molar-refractivity contribution in [3.05, 3.63) is 23.8 Å². The van der Waals surface area contributed by atoms with Gasteiger partial charge in [0.1, 0.15) is 0 Å². The van der Waals surface area contributed by atoms with E-state index in [0.29, 0.717) is 24.2 Å². The topological polar surface area (TPSA) is 66.8 Å². The molecule has 1 aliphatic carbocycles. The molecule has 18 heavy (non-hydrogen) atoms. The normalized spacial score (nSPS) is 18.3. The quantitative estimate of drug-likeness (QED) is 0.865. The number of phenols is 1. The maximum atomic E-state index is 11.7. The molecule has 98 valence electrons. The van der Waals surface area contributed by atoms with Crippen LogP contribution in [-0.4, -0.2) is 23.3 Å². The minimum atomic E-state index is -0.961. The molecule has 0 radical (unpaired) electrons. The van der Waals surface area contributed by atoms with Crippen LogP contribution >= 0.6 is 0 Å². The van der Waals surface area contributed by atoms with Crippen molar-refractivity contribution in [2.24, 2.45) is 0 Å². The number of carbonyl (C=O) groups is 1. The molecule has 0 saturated heterocycles. The van der Waals surface area contributed by atoms with Crippen molar-refractivity contribution in [1.82, 2.24) is 0 Å². The molecule has 4 nitrogen and oxygen atoms in total. The third-order valence-corrected chi connectivity index (χ3v) is 3.85. The number of phenolic OH excluding ortho intramolecular Hbond substituents is 1. The highest BCUT2D eigenvalue weighted by Crippen LogP contribution is 2.45. The molecule has 0 heterocycles. The third kappa shape index (κ3) is 1.92. The Morgan fingerprint density at radius 2 is 1.94 bits per heavy atom. The summed E-state index contributed by atoms with van der Waals surface area (Å²) in [7, 11) is 1.47. The predicted octanol–water partition coefficient (Wildman–Crippen LogP) is 2.69. The molecule has 1 aromatic rings. The fourth-order valence-corrected chi connectivity index (χ4v) is 2.83. The van der Waals surface area contributed by atoms with Gasteiger partial charge in [0, 0.05) is 5.56 Å². The molecule has 1 fully saturated rings. The van der Waals surface area contributed by atoms with Crippen molar-refractivity contribution in [2.75, 3.05) is 7.11 Å². The second-order valence-electron chi connectivity index (χ2n) is 4.80. The van der Waals surface area contributed by atoms with E-state index in [1.54, 1.807) is 18.2 Å². The lowest BCUT2D eigenvalue weighted by Crippen LogP contribution is -2.37. The van der Waals surface area contributed by atoms with Crippen molar-refractivity contribution in [3.8, 4) is 11.5 Å². The van der Waals surface area contributed by atoms with Crippen molar-refractivity contribution < 1.29 is 19.7 Å². The van der Waals surface area contributed by atoms with Crippen molar-refractivity contribution in [3.63, 3.8) is 0 Å². The minimum absolute atomic E-state index is 0.0377. The first-order chi connectivity index (χ1) is 8.62. The maximum Gasteiger partial charge on any atom is 0.314 e. The number of methoxy groups -OCH3 is 1. The van der Waals surface area contributed by atoms with Gasteiger partial charge < -0.3 is 14.9 Å².